The second-order valence-corrected chi connectivity index (χ2v) is 5.30. The molecule has 0 aliphatic carbocycles. The Morgan fingerprint density at radius 2 is 1.78 bits per heavy atom. The summed E-state index contributed by atoms with van der Waals surface area (Å²) in [6, 6.07) is 18.1. The van der Waals surface area contributed by atoms with Gasteiger partial charge in [-0.2, -0.15) is 5.26 Å². The van der Waals surface area contributed by atoms with E-state index in [0.717, 1.165) is 11.1 Å². The molecule has 0 radical (unpaired) electrons. The second kappa shape index (κ2) is 5.82. The van der Waals surface area contributed by atoms with Gasteiger partial charge in [0.05, 0.1) is 5.69 Å². The Morgan fingerprint density at radius 3 is 2.48 bits per heavy atom. The molecule has 0 bridgehead atoms. The van der Waals surface area contributed by atoms with E-state index < -0.39 is 5.56 Å². The minimum absolute atomic E-state index is 0.0621. The lowest BCUT2D eigenvalue weighted by Crippen LogP contribution is -2.12. The van der Waals surface area contributed by atoms with Gasteiger partial charge in [-0.1, -0.05) is 42.0 Å². The molecule has 0 spiro atoms. The predicted molar refractivity (Wildman–Crippen MR) is 89.1 cm³/mol. The summed E-state index contributed by atoms with van der Waals surface area (Å²) in [4.78, 5) is 15.0. The standard InChI is InChI=1S/C19H14N2O2/c1-12-7-8-18(22)15(9-12)17-10-14(13-5-3-2-4-6-13)16(11-20)19(23)21-17/h2-10,22H,1H3,(H,21,23). The molecule has 1 heterocycles. The van der Waals surface area contributed by atoms with Crippen LogP contribution in [-0.2, 0) is 0 Å². The van der Waals surface area contributed by atoms with Crippen molar-refractivity contribution in [3.63, 3.8) is 0 Å². The quantitative estimate of drug-likeness (QED) is 0.759. The number of aryl methyl sites for hydroxylation is 1. The van der Waals surface area contributed by atoms with Gasteiger partial charge in [0.1, 0.15) is 17.4 Å². The minimum Gasteiger partial charge on any atom is -0.507 e. The molecule has 0 saturated carbocycles. The van der Waals surface area contributed by atoms with Crippen molar-refractivity contribution in [2.45, 2.75) is 6.92 Å². The third kappa shape index (κ3) is 2.72. The summed E-state index contributed by atoms with van der Waals surface area (Å²) < 4.78 is 0. The van der Waals surface area contributed by atoms with Gasteiger partial charge in [-0.3, -0.25) is 4.79 Å². The van der Waals surface area contributed by atoms with Crippen molar-refractivity contribution in [1.29, 1.82) is 5.26 Å². The molecule has 2 N–H and O–H groups in total. The third-order valence-corrected chi connectivity index (χ3v) is 3.67. The highest BCUT2D eigenvalue weighted by Crippen LogP contribution is 2.31. The van der Waals surface area contributed by atoms with Crippen LogP contribution in [0.1, 0.15) is 11.1 Å². The Morgan fingerprint density at radius 1 is 1.04 bits per heavy atom. The Kier molecular flexibility index (Phi) is 3.70. The number of H-pyrrole nitrogens is 1. The van der Waals surface area contributed by atoms with Crippen LogP contribution >= 0.6 is 0 Å². The van der Waals surface area contributed by atoms with Crippen molar-refractivity contribution in [2.24, 2.45) is 0 Å². The van der Waals surface area contributed by atoms with Crippen molar-refractivity contribution in [2.75, 3.05) is 0 Å². The molecule has 2 aromatic carbocycles. The molecule has 3 aromatic rings. The minimum atomic E-state index is -0.468. The molecule has 3 rings (SSSR count). The van der Waals surface area contributed by atoms with Gasteiger partial charge in [0, 0.05) is 11.1 Å². The predicted octanol–water partition coefficient (Wildman–Crippen LogP) is 3.59. The zero-order valence-electron chi connectivity index (χ0n) is 12.5. The molecular weight excluding hydrogens is 288 g/mol. The van der Waals surface area contributed by atoms with E-state index in [1.165, 1.54) is 0 Å². The van der Waals surface area contributed by atoms with E-state index in [9.17, 15) is 15.2 Å². The van der Waals surface area contributed by atoms with Crippen LogP contribution in [0.5, 0.6) is 5.75 Å². The highest BCUT2D eigenvalue weighted by atomic mass is 16.3. The molecule has 0 atom stereocenters. The molecule has 112 valence electrons. The van der Waals surface area contributed by atoms with E-state index in [2.05, 4.69) is 4.98 Å². The summed E-state index contributed by atoms with van der Waals surface area (Å²) in [7, 11) is 0. The fraction of sp³-hybridized carbons (Fsp3) is 0.0526. The number of hydrogen-bond donors (Lipinski definition) is 2. The normalized spacial score (nSPS) is 10.3. The summed E-state index contributed by atoms with van der Waals surface area (Å²) in [6.45, 7) is 1.91. The first kappa shape index (κ1) is 14.6. The van der Waals surface area contributed by atoms with Gasteiger partial charge >= 0.3 is 0 Å². The first-order valence-electron chi connectivity index (χ1n) is 7.13. The van der Waals surface area contributed by atoms with Gasteiger partial charge in [0.25, 0.3) is 5.56 Å². The average Bonchev–Trinajstić information content (AvgIpc) is 2.57. The van der Waals surface area contributed by atoms with E-state index in [1.807, 2.05) is 43.3 Å². The summed E-state index contributed by atoms with van der Waals surface area (Å²) in [5.74, 6) is 0.0787. The van der Waals surface area contributed by atoms with E-state index >= 15 is 0 Å². The van der Waals surface area contributed by atoms with Gasteiger partial charge < -0.3 is 10.1 Å². The van der Waals surface area contributed by atoms with E-state index in [4.69, 9.17) is 0 Å². The number of phenolic OH excluding ortho intramolecular Hbond substituents is 1. The first-order valence-corrected chi connectivity index (χ1v) is 7.13. The van der Waals surface area contributed by atoms with Crippen LogP contribution in [0, 0.1) is 18.3 Å². The molecule has 0 saturated heterocycles. The summed E-state index contributed by atoms with van der Waals surface area (Å²) in [5, 5.41) is 19.4. The van der Waals surface area contributed by atoms with Crippen molar-refractivity contribution in [3.8, 4) is 34.2 Å². The van der Waals surface area contributed by atoms with E-state index in [1.54, 1.807) is 24.3 Å². The summed E-state index contributed by atoms with van der Waals surface area (Å²) in [6.07, 6.45) is 0. The van der Waals surface area contributed by atoms with Gasteiger partial charge in [-0.25, -0.2) is 0 Å². The van der Waals surface area contributed by atoms with Crippen molar-refractivity contribution in [1.82, 2.24) is 4.98 Å². The largest absolute Gasteiger partial charge is 0.507 e. The number of aromatic amines is 1. The van der Waals surface area contributed by atoms with Crippen LogP contribution in [0.15, 0.2) is 59.4 Å². The zero-order valence-corrected chi connectivity index (χ0v) is 12.5. The molecule has 0 aliphatic heterocycles. The zero-order chi connectivity index (χ0) is 16.4. The average molecular weight is 302 g/mol. The number of pyridine rings is 1. The number of nitrogens with zero attached hydrogens (tertiary/aromatic N) is 1. The fourth-order valence-corrected chi connectivity index (χ4v) is 2.53. The van der Waals surface area contributed by atoms with Crippen LogP contribution in [0.25, 0.3) is 22.4 Å². The molecule has 0 aliphatic rings. The number of aromatic hydroxyl groups is 1. The highest BCUT2D eigenvalue weighted by Gasteiger charge is 2.14. The maximum Gasteiger partial charge on any atom is 0.266 e. The fourth-order valence-electron chi connectivity index (χ4n) is 2.53. The van der Waals surface area contributed by atoms with Gasteiger partial charge in [-0.05, 0) is 30.7 Å². The van der Waals surface area contributed by atoms with Crippen LogP contribution in [0.2, 0.25) is 0 Å². The Labute approximate surface area is 133 Å². The maximum atomic E-state index is 12.3. The lowest BCUT2D eigenvalue weighted by molar-refractivity contribution is 0.477. The molecule has 4 nitrogen and oxygen atoms in total. The molecular formula is C19H14N2O2. The van der Waals surface area contributed by atoms with Crippen LogP contribution in [-0.4, -0.2) is 10.1 Å². The number of phenols is 1. The number of rotatable bonds is 2. The smallest absolute Gasteiger partial charge is 0.266 e. The number of benzene rings is 2. The third-order valence-electron chi connectivity index (χ3n) is 3.67. The summed E-state index contributed by atoms with van der Waals surface area (Å²) in [5.41, 5.74) is 2.90. The van der Waals surface area contributed by atoms with Crippen molar-refractivity contribution < 1.29 is 5.11 Å². The molecule has 0 amide bonds. The highest BCUT2D eigenvalue weighted by molar-refractivity contribution is 5.77. The lowest BCUT2D eigenvalue weighted by Gasteiger charge is -2.10. The van der Waals surface area contributed by atoms with Crippen LogP contribution < -0.4 is 5.56 Å². The molecule has 0 unspecified atom stereocenters. The molecule has 4 heteroatoms. The second-order valence-electron chi connectivity index (χ2n) is 5.30. The Balaban J connectivity index is 2.30. The topological polar surface area (TPSA) is 76.9 Å². The molecule has 1 aromatic heterocycles. The number of hydrogen-bond acceptors (Lipinski definition) is 3. The SMILES string of the molecule is Cc1ccc(O)c(-c2cc(-c3ccccc3)c(C#N)c(=O)[nH]2)c1. The van der Waals surface area contributed by atoms with Crippen LogP contribution in [0.4, 0.5) is 0 Å². The number of nitrogens with one attached hydrogen (secondary N) is 1. The first-order chi connectivity index (χ1) is 11.1. The number of nitriles is 1. The van der Waals surface area contributed by atoms with Gasteiger partial charge in [0.15, 0.2) is 0 Å². The van der Waals surface area contributed by atoms with Gasteiger partial charge in [-0.15, -0.1) is 0 Å². The Bertz CT molecular complexity index is 967. The molecule has 0 fully saturated rings. The van der Waals surface area contributed by atoms with E-state index in [0.29, 0.717) is 16.8 Å². The van der Waals surface area contributed by atoms with Crippen molar-refractivity contribution >= 4 is 0 Å². The summed E-state index contributed by atoms with van der Waals surface area (Å²) >= 11 is 0. The van der Waals surface area contributed by atoms with E-state index in [-0.39, 0.29) is 11.3 Å². The Hall–Kier alpha value is -3.32. The van der Waals surface area contributed by atoms with Crippen LogP contribution in [0.3, 0.4) is 0 Å². The lowest BCUT2D eigenvalue weighted by atomic mass is 9.98. The molecule has 23 heavy (non-hydrogen) atoms. The monoisotopic (exact) mass is 302 g/mol. The van der Waals surface area contributed by atoms with Crippen molar-refractivity contribution in [3.05, 3.63) is 76.1 Å². The maximum absolute atomic E-state index is 12.3. The number of aromatic nitrogens is 1. The van der Waals surface area contributed by atoms with Gasteiger partial charge in [0.2, 0.25) is 0 Å².